The number of aryl methyl sites for hydroxylation is 2. The molecule has 2 N–H and O–H groups in total. The number of nitrogens with zero attached hydrogens (tertiary/aromatic N) is 4. The topological polar surface area (TPSA) is 67.1 Å². The zero-order valence-corrected chi connectivity index (χ0v) is 17.6. The van der Waals surface area contributed by atoms with E-state index in [0.29, 0.717) is 19.0 Å². The molecule has 0 bridgehead atoms. The summed E-state index contributed by atoms with van der Waals surface area (Å²) in [4.78, 5) is 8.83. The smallest absolute Gasteiger partial charge is 0.191 e. The summed E-state index contributed by atoms with van der Waals surface area (Å²) < 4.78 is 16.0. The van der Waals surface area contributed by atoms with Gasteiger partial charge in [-0.15, -0.1) is 0 Å². The molecule has 1 fully saturated rings. The fourth-order valence-electron chi connectivity index (χ4n) is 3.75. The highest BCUT2D eigenvalue weighted by atomic mass is 19.1. The lowest BCUT2D eigenvalue weighted by Gasteiger charge is -2.19. The lowest BCUT2D eigenvalue weighted by Crippen LogP contribution is -2.41. The predicted octanol–water partition coefficient (Wildman–Crippen LogP) is 3.42. The summed E-state index contributed by atoms with van der Waals surface area (Å²) >= 11 is 0. The van der Waals surface area contributed by atoms with Crippen molar-refractivity contribution >= 4 is 5.96 Å². The van der Waals surface area contributed by atoms with Gasteiger partial charge in [0.2, 0.25) is 0 Å². The van der Waals surface area contributed by atoms with Crippen LogP contribution in [0.4, 0.5) is 4.39 Å². The molecule has 7 heteroatoms. The van der Waals surface area contributed by atoms with Crippen molar-refractivity contribution in [1.82, 2.24) is 25.4 Å². The Balaban J connectivity index is 1.34. The molecule has 0 saturated heterocycles. The van der Waals surface area contributed by atoms with Crippen molar-refractivity contribution in [2.24, 2.45) is 4.99 Å². The summed E-state index contributed by atoms with van der Waals surface area (Å²) in [6.07, 6.45) is 3.80. The molecule has 156 valence electrons. The lowest BCUT2D eigenvalue weighted by molar-refractivity contribution is 0.559. The maximum Gasteiger partial charge on any atom is 0.191 e. The minimum Gasteiger partial charge on any atom is -0.356 e. The van der Waals surface area contributed by atoms with Gasteiger partial charge in [0.25, 0.3) is 0 Å². The van der Waals surface area contributed by atoms with Crippen LogP contribution in [0.1, 0.15) is 35.4 Å². The Kier molecular flexibility index (Phi) is 5.53. The maximum atomic E-state index is 14.2. The van der Waals surface area contributed by atoms with Crippen LogP contribution in [-0.4, -0.2) is 34.3 Å². The molecule has 1 aliphatic carbocycles. The minimum atomic E-state index is -0.133. The molecule has 0 radical (unpaired) electrons. The number of nitrogens with one attached hydrogen (secondary N) is 2. The van der Waals surface area contributed by atoms with Gasteiger partial charge in [-0.1, -0.05) is 24.3 Å². The van der Waals surface area contributed by atoms with Crippen molar-refractivity contribution in [2.75, 3.05) is 13.6 Å². The molecule has 4 rings (SSSR count). The van der Waals surface area contributed by atoms with Crippen molar-refractivity contribution in [3.63, 3.8) is 0 Å². The van der Waals surface area contributed by atoms with Crippen LogP contribution in [-0.2, 0) is 12.0 Å². The Labute approximate surface area is 176 Å². The van der Waals surface area contributed by atoms with Crippen LogP contribution in [0.2, 0.25) is 0 Å². The summed E-state index contributed by atoms with van der Waals surface area (Å²) in [6, 6.07) is 13.1. The Hall–Kier alpha value is -3.22. The normalized spacial score (nSPS) is 15.1. The number of halogens is 1. The summed E-state index contributed by atoms with van der Waals surface area (Å²) in [5.41, 5.74) is 3.72. The van der Waals surface area contributed by atoms with E-state index in [1.54, 1.807) is 13.1 Å². The van der Waals surface area contributed by atoms with E-state index in [4.69, 9.17) is 0 Å². The molecule has 3 aromatic rings. The number of hydrogen-bond acceptors (Lipinski definition) is 3. The van der Waals surface area contributed by atoms with E-state index in [9.17, 15) is 4.39 Å². The molecular weight excluding hydrogens is 379 g/mol. The second-order valence-corrected chi connectivity index (χ2v) is 7.90. The van der Waals surface area contributed by atoms with Crippen LogP contribution in [0.25, 0.3) is 5.82 Å². The molecule has 2 heterocycles. The highest BCUT2D eigenvalue weighted by Crippen LogP contribution is 2.48. The highest BCUT2D eigenvalue weighted by molar-refractivity contribution is 5.79. The van der Waals surface area contributed by atoms with Gasteiger partial charge in [-0.3, -0.25) is 4.99 Å². The van der Waals surface area contributed by atoms with Gasteiger partial charge in [0.15, 0.2) is 11.8 Å². The molecule has 6 nitrogen and oxygen atoms in total. The van der Waals surface area contributed by atoms with Gasteiger partial charge in [0, 0.05) is 37.4 Å². The quantitative estimate of drug-likeness (QED) is 0.486. The third-order valence-electron chi connectivity index (χ3n) is 5.61. The fraction of sp³-hybridized carbons (Fsp3) is 0.348. The van der Waals surface area contributed by atoms with E-state index in [1.165, 1.54) is 6.07 Å². The average molecular weight is 407 g/mol. The zero-order chi connectivity index (χ0) is 21.1. The number of hydrogen-bond donors (Lipinski definition) is 2. The van der Waals surface area contributed by atoms with Crippen molar-refractivity contribution in [2.45, 2.75) is 38.6 Å². The molecule has 0 aliphatic heterocycles. The second kappa shape index (κ2) is 8.26. The van der Waals surface area contributed by atoms with Crippen LogP contribution < -0.4 is 10.6 Å². The maximum absolute atomic E-state index is 14.2. The number of aromatic nitrogens is 3. The molecule has 0 amide bonds. The molecule has 1 aliphatic rings. The average Bonchev–Trinajstić information content (AvgIpc) is 3.46. The first kappa shape index (κ1) is 20.1. The van der Waals surface area contributed by atoms with Crippen LogP contribution in [0.3, 0.4) is 0 Å². The fourth-order valence-corrected chi connectivity index (χ4v) is 3.75. The number of pyridine rings is 1. The number of rotatable bonds is 6. The Morgan fingerprint density at radius 3 is 2.57 bits per heavy atom. The molecule has 1 aromatic carbocycles. The third kappa shape index (κ3) is 4.20. The van der Waals surface area contributed by atoms with E-state index < -0.39 is 0 Å². The zero-order valence-electron chi connectivity index (χ0n) is 17.6. The SMILES string of the molecule is CN=C(NCc1ccc(-n2nc(C)cc2C)nc1)NCC1(c2ccccc2F)CC1. The second-order valence-electron chi connectivity index (χ2n) is 7.90. The highest BCUT2D eigenvalue weighted by Gasteiger charge is 2.45. The molecule has 1 saturated carbocycles. The molecular formula is C23H27FN6. The van der Waals surface area contributed by atoms with Gasteiger partial charge in [0.05, 0.1) is 5.69 Å². The van der Waals surface area contributed by atoms with E-state index in [0.717, 1.165) is 41.2 Å². The summed E-state index contributed by atoms with van der Waals surface area (Å²) in [7, 11) is 1.74. The lowest BCUT2D eigenvalue weighted by atomic mass is 9.95. The standard InChI is InChI=1S/C23H27FN6/c1-16-12-17(2)30(29-16)21-9-8-18(13-26-21)14-27-22(25-3)28-15-23(10-11-23)19-6-4-5-7-20(19)24/h4-9,12-13H,10-11,14-15H2,1-3H3,(H2,25,27,28). The summed E-state index contributed by atoms with van der Waals surface area (Å²) in [6.45, 7) is 5.23. The minimum absolute atomic E-state index is 0.131. The molecule has 2 aromatic heterocycles. The first-order valence-corrected chi connectivity index (χ1v) is 10.2. The van der Waals surface area contributed by atoms with Gasteiger partial charge in [-0.05, 0) is 56.0 Å². The first-order chi connectivity index (χ1) is 14.5. The molecule has 0 atom stereocenters. The number of benzene rings is 1. The van der Waals surface area contributed by atoms with Crippen molar-refractivity contribution in [3.05, 3.63) is 77.0 Å². The Bertz CT molecular complexity index is 1050. The monoisotopic (exact) mass is 406 g/mol. The van der Waals surface area contributed by atoms with Gasteiger partial charge < -0.3 is 10.6 Å². The summed E-state index contributed by atoms with van der Waals surface area (Å²) in [5.74, 6) is 1.36. The van der Waals surface area contributed by atoms with Crippen LogP contribution >= 0.6 is 0 Å². The van der Waals surface area contributed by atoms with Crippen molar-refractivity contribution < 1.29 is 4.39 Å². The van der Waals surface area contributed by atoms with Crippen LogP contribution in [0.5, 0.6) is 0 Å². The molecule has 0 spiro atoms. The van der Waals surface area contributed by atoms with Gasteiger partial charge in [-0.25, -0.2) is 14.1 Å². The van der Waals surface area contributed by atoms with Crippen LogP contribution in [0.15, 0.2) is 53.7 Å². The van der Waals surface area contributed by atoms with E-state index in [-0.39, 0.29) is 11.2 Å². The van der Waals surface area contributed by atoms with E-state index in [1.807, 2.05) is 55.1 Å². The van der Waals surface area contributed by atoms with Gasteiger partial charge in [-0.2, -0.15) is 5.10 Å². The number of guanidine groups is 1. The van der Waals surface area contributed by atoms with Crippen molar-refractivity contribution in [3.8, 4) is 5.82 Å². The van der Waals surface area contributed by atoms with E-state index in [2.05, 4.69) is 25.7 Å². The predicted molar refractivity (Wildman–Crippen MR) is 116 cm³/mol. The van der Waals surface area contributed by atoms with Gasteiger partial charge >= 0.3 is 0 Å². The summed E-state index contributed by atoms with van der Waals surface area (Å²) in [5, 5.41) is 11.1. The van der Waals surface area contributed by atoms with E-state index >= 15 is 0 Å². The van der Waals surface area contributed by atoms with Crippen molar-refractivity contribution in [1.29, 1.82) is 0 Å². The molecule has 0 unspecified atom stereocenters. The first-order valence-electron chi connectivity index (χ1n) is 10.2. The number of aliphatic imine (C=N–C) groups is 1. The third-order valence-corrected chi connectivity index (χ3v) is 5.61. The van der Waals surface area contributed by atoms with Crippen LogP contribution in [0, 0.1) is 19.7 Å². The Morgan fingerprint density at radius 2 is 1.97 bits per heavy atom. The Morgan fingerprint density at radius 1 is 1.17 bits per heavy atom. The largest absolute Gasteiger partial charge is 0.356 e. The van der Waals surface area contributed by atoms with Gasteiger partial charge in [0.1, 0.15) is 5.82 Å². The molecule has 30 heavy (non-hydrogen) atoms.